The van der Waals surface area contributed by atoms with E-state index in [1.54, 1.807) is 0 Å². The zero-order valence-electron chi connectivity index (χ0n) is 9.81. The summed E-state index contributed by atoms with van der Waals surface area (Å²) in [5.41, 5.74) is 2.98. The molecular formula is C11H7BF3N3O2. The van der Waals surface area contributed by atoms with Crippen LogP contribution < -0.4 is 11.2 Å². The molecule has 9 heteroatoms. The molecule has 0 aliphatic carbocycles. The van der Waals surface area contributed by atoms with Gasteiger partial charge in [0.1, 0.15) is 11.6 Å². The number of benzene rings is 1. The minimum atomic E-state index is -4.80. The number of nitrogens with two attached hydrogens (primary N) is 1. The Kier molecular flexibility index (Phi) is 3.29. The van der Waals surface area contributed by atoms with Crippen LogP contribution >= 0.6 is 0 Å². The van der Waals surface area contributed by atoms with Crippen LogP contribution in [0.3, 0.4) is 0 Å². The maximum Gasteiger partial charge on any atom is 0.488 e. The number of halogens is 3. The maximum atomic E-state index is 12.8. The Balaban J connectivity index is 2.84. The zero-order valence-corrected chi connectivity index (χ0v) is 9.81. The summed E-state index contributed by atoms with van der Waals surface area (Å²) in [7, 11) is -1.80. The van der Waals surface area contributed by atoms with Gasteiger partial charge < -0.3 is 15.8 Å². The number of nitriles is 1. The number of anilines is 1. The van der Waals surface area contributed by atoms with Crippen LogP contribution in [0.5, 0.6) is 0 Å². The van der Waals surface area contributed by atoms with Gasteiger partial charge in [-0.15, -0.1) is 0 Å². The van der Waals surface area contributed by atoms with Gasteiger partial charge in [-0.1, -0.05) is 12.1 Å². The lowest BCUT2D eigenvalue weighted by Gasteiger charge is -2.12. The molecule has 1 aromatic carbocycles. The highest BCUT2D eigenvalue weighted by Crippen LogP contribution is 2.35. The number of alkyl halides is 3. The molecule has 0 saturated heterocycles. The van der Waals surface area contributed by atoms with Crippen molar-refractivity contribution >= 4 is 29.2 Å². The Bertz CT molecular complexity index is 725. The molecule has 0 fully saturated rings. The fraction of sp³-hybridized carbons (Fsp3) is 0.0909. The number of hydrogen-bond donors (Lipinski definition) is 3. The fourth-order valence-electron chi connectivity index (χ4n) is 1.78. The Morgan fingerprint density at radius 2 is 1.95 bits per heavy atom. The second-order valence-electron chi connectivity index (χ2n) is 4.01. The molecule has 1 heterocycles. The molecule has 0 saturated carbocycles. The minimum Gasteiger partial charge on any atom is -0.423 e. The van der Waals surface area contributed by atoms with Crippen LogP contribution in [0.4, 0.5) is 18.9 Å². The number of hydrogen-bond acceptors (Lipinski definition) is 5. The molecule has 0 bridgehead atoms. The molecule has 102 valence electrons. The monoisotopic (exact) mass is 281 g/mol. The summed E-state index contributed by atoms with van der Waals surface area (Å²) in [5, 5.41) is 27.0. The van der Waals surface area contributed by atoms with Crippen molar-refractivity contribution in [2.45, 2.75) is 6.18 Å². The van der Waals surface area contributed by atoms with Crippen LogP contribution in [0, 0.1) is 11.3 Å². The fourth-order valence-corrected chi connectivity index (χ4v) is 1.78. The molecule has 4 N–H and O–H groups in total. The number of fused-ring (bicyclic) bond motifs is 1. The Morgan fingerprint density at radius 3 is 2.45 bits per heavy atom. The SMILES string of the molecule is N#Cc1c(C(F)(F)F)nc2ccc(B(O)O)cc2c1N. The van der Waals surface area contributed by atoms with Crippen molar-refractivity contribution in [3.8, 4) is 6.07 Å². The molecule has 0 unspecified atom stereocenters. The van der Waals surface area contributed by atoms with Crippen molar-refractivity contribution in [3.63, 3.8) is 0 Å². The first kappa shape index (κ1) is 14.1. The average Bonchev–Trinajstić information content (AvgIpc) is 2.37. The Labute approximate surface area is 111 Å². The average molecular weight is 281 g/mol. The lowest BCUT2D eigenvalue weighted by Crippen LogP contribution is -2.29. The molecule has 0 aliphatic heterocycles. The van der Waals surface area contributed by atoms with E-state index < -0.39 is 30.2 Å². The van der Waals surface area contributed by atoms with Crippen LogP contribution in [0.2, 0.25) is 0 Å². The topological polar surface area (TPSA) is 103 Å². The van der Waals surface area contributed by atoms with E-state index in [4.69, 9.17) is 21.0 Å². The zero-order chi connectivity index (χ0) is 15.1. The van der Waals surface area contributed by atoms with Gasteiger partial charge in [0, 0.05) is 5.39 Å². The largest absolute Gasteiger partial charge is 0.488 e. The molecule has 1 aromatic heterocycles. The maximum absolute atomic E-state index is 12.8. The third-order valence-corrected chi connectivity index (χ3v) is 2.73. The Hall–Kier alpha value is -2.31. The highest BCUT2D eigenvalue weighted by Gasteiger charge is 2.37. The van der Waals surface area contributed by atoms with Crippen molar-refractivity contribution in [2.75, 3.05) is 5.73 Å². The van der Waals surface area contributed by atoms with E-state index in [-0.39, 0.29) is 16.4 Å². The van der Waals surface area contributed by atoms with Gasteiger partial charge in [0.15, 0.2) is 5.69 Å². The van der Waals surface area contributed by atoms with Gasteiger partial charge in [0.05, 0.1) is 11.2 Å². The van der Waals surface area contributed by atoms with E-state index in [0.29, 0.717) is 0 Å². The van der Waals surface area contributed by atoms with Crippen molar-refractivity contribution in [1.82, 2.24) is 4.98 Å². The molecule has 0 aliphatic rings. The standard InChI is InChI=1S/C11H7BF3N3O2/c13-11(14,15)10-7(4-16)9(17)6-3-5(12(19)20)1-2-8(6)18-10/h1-3,19-20H,(H2,17,18). The van der Waals surface area contributed by atoms with Crippen molar-refractivity contribution < 1.29 is 23.2 Å². The summed E-state index contributed by atoms with van der Waals surface area (Å²) < 4.78 is 38.4. The summed E-state index contributed by atoms with van der Waals surface area (Å²) >= 11 is 0. The van der Waals surface area contributed by atoms with E-state index in [2.05, 4.69) is 4.98 Å². The van der Waals surface area contributed by atoms with E-state index >= 15 is 0 Å². The lowest BCUT2D eigenvalue weighted by atomic mass is 9.79. The highest BCUT2D eigenvalue weighted by molar-refractivity contribution is 6.59. The second kappa shape index (κ2) is 4.66. The minimum absolute atomic E-state index is 0.0367. The van der Waals surface area contributed by atoms with Crippen LogP contribution in [0.25, 0.3) is 10.9 Å². The third-order valence-electron chi connectivity index (χ3n) is 2.73. The van der Waals surface area contributed by atoms with Gasteiger partial charge in [-0.3, -0.25) is 0 Å². The second-order valence-corrected chi connectivity index (χ2v) is 4.01. The van der Waals surface area contributed by atoms with Crippen molar-refractivity contribution in [1.29, 1.82) is 5.26 Å². The molecule has 0 amide bonds. The summed E-state index contributed by atoms with van der Waals surface area (Å²) in [5.74, 6) is 0. The van der Waals surface area contributed by atoms with Crippen LogP contribution in [-0.4, -0.2) is 22.2 Å². The molecule has 20 heavy (non-hydrogen) atoms. The van der Waals surface area contributed by atoms with Gasteiger partial charge in [-0.25, -0.2) is 4.98 Å². The third kappa shape index (κ3) is 2.26. The van der Waals surface area contributed by atoms with E-state index in [1.807, 2.05) is 0 Å². The summed E-state index contributed by atoms with van der Waals surface area (Å²) in [6.45, 7) is 0. The van der Waals surface area contributed by atoms with Gasteiger partial charge in [0.25, 0.3) is 0 Å². The molecular weight excluding hydrogens is 274 g/mol. The van der Waals surface area contributed by atoms with Crippen LogP contribution in [0.1, 0.15) is 11.3 Å². The van der Waals surface area contributed by atoms with Gasteiger partial charge in [0.2, 0.25) is 0 Å². The van der Waals surface area contributed by atoms with E-state index in [1.165, 1.54) is 24.3 Å². The van der Waals surface area contributed by atoms with Crippen molar-refractivity contribution in [2.24, 2.45) is 0 Å². The molecule has 0 atom stereocenters. The summed E-state index contributed by atoms with van der Waals surface area (Å²) in [4.78, 5) is 3.39. The quantitative estimate of drug-likeness (QED) is 0.656. The first-order valence-corrected chi connectivity index (χ1v) is 5.32. The van der Waals surface area contributed by atoms with Crippen molar-refractivity contribution in [3.05, 3.63) is 29.5 Å². The van der Waals surface area contributed by atoms with Gasteiger partial charge in [-0.2, -0.15) is 18.4 Å². The van der Waals surface area contributed by atoms with Gasteiger partial charge in [-0.05, 0) is 11.5 Å². The first-order valence-electron chi connectivity index (χ1n) is 5.32. The van der Waals surface area contributed by atoms with E-state index in [0.717, 1.165) is 0 Å². The normalized spacial score (nSPS) is 11.4. The smallest absolute Gasteiger partial charge is 0.423 e. The molecule has 5 nitrogen and oxygen atoms in total. The summed E-state index contributed by atoms with van der Waals surface area (Å²) in [6.07, 6.45) is -4.80. The molecule has 0 radical (unpaired) electrons. The highest BCUT2D eigenvalue weighted by atomic mass is 19.4. The van der Waals surface area contributed by atoms with Crippen LogP contribution in [0.15, 0.2) is 18.2 Å². The number of pyridine rings is 1. The number of nitrogens with zero attached hydrogens (tertiary/aromatic N) is 2. The van der Waals surface area contributed by atoms with Gasteiger partial charge >= 0.3 is 13.3 Å². The number of rotatable bonds is 1. The molecule has 0 spiro atoms. The Morgan fingerprint density at radius 1 is 1.30 bits per heavy atom. The first-order chi connectivity index (χ1) is 9.25. The number of aromatic nitrogens is 1. The predicted octanol–water partition coefficient (Wildman–Crippen LogP) is 0.387. The molecule has 2 aromatic rings. The number of nitrogen functional groups attached to an aromatic ring is 1. The predicted molar refractivity (Wildman–Crippen MR) is 65.7 cm³/mol. The van der Waals surface area contributed by atoms with Crippen LogP contribution in [-0.2, 0) is 6.18 Å². The molecule has 2 rings (SSSR count). The summed E-state index contributed by atoms with van der Waals surface area (Å²) in [6, 6.07) is 4.95. The lowest BCUT2D eigenvalue weighted by molar-refractivity contribution is -0.141. The van der Waals surface area contributed by atoms with E-state index in [9.17, 15) is 13.2 Å².